The summed E-state index contributed by atoms with van der Waals surface area (Å²) in [6.07, 6.45) is 1.45. The summed E-state index contributed by atoms with van der Waals surface area (Å²) >= 11 is 0. The topological polar surface area (TPSA) is 62.5 Å². The molecule has 6 heteroatoms. The molecule has 26 heavy (non-hydrogen) atoms. The van der Waals surface area contributed by atoms with Crippen LogP contribution in [0.1, 0.15) is 56.8 Å². The van der Waals surface area contributed by atoms with Gasteiger partial charge in [-0.25, -0.2) is 0 Å². The maximum atomic E-state index is 12.7. The molecule has 0 N–H and O–H groups in total. The third-order valence-corrected chi connectivity index (χ3v) is 4.90. The molecule has 2 heterocycles. The lowest BCUT2D eigenvalue weighted by molar-refractivity contribution is -0.133. The van der Waals surface area contributed by atoms with Gasteiger partial charge in [0.1, 0.15) is 0 Å². The van der Waals surface area contributed by atoms with Crippen LogP contribution in [-0.2, 0) is 17.9 Å². The van der Waals surface area contributed by atoms with E-state index in [0.717, 1.165) is 25.3 Å². The first-order valence-electron chi connectivity index (χ1n) is 9.45. The van der Waals surface area contributed by atoms with Gasteiger partial charge in [-0.3, -0.25) is 9.69 Å². The lowest BCUT2D eigenvalue weighted by atomic mass is 10.1. The summed E-state index contributed by atoms with van der Waals surface area (Å²) in [6, 6.07) is 10.4. The molecule has 0 spiro atoms. The van der Waals surface area contributed by atoms with Crippen molar-refractivity contribution in [2.75, 3.05) is 13.1 Å². The summed E-state index contributed by atoms with van der Waals surface area (Å²) in [5.41, 5.74) is 1.17. The maximum Gasteiger partial charge on any atom is 0.240 e. The van der Waals surface area contributed by atoms with E-state index in [1.165, 1.54) is 5.56 Å². The molecule has 0 bridgehead atoms. The first-order chi connectivity index (χ1) is 12.6. The second-order valence-electron chi connectivity index (χ2n) is 7.26. The van der Waals surface area contributed by atoms with Gasteiger partial charge in [0.25, 0.3) is 0 Å². The molecule has 1 fully saturated rings. The molecule has 0 aliphatic carbocycles. The summed E-state index contributed by atoms with van der Waals surface area (Å²) in [4.78, 5) is 21.5. The Morgan fingerprint density at radius 3 is 2.65 bits per heavy atom. The fourth-order valence-electron chi connectivity index (χ4n) is 3.34. The van der Waals surface area contributed by atoms with Gasteiger partial charge in [-0.1, -0.05) is 56.3 Å². The van der Waals surface area contributed by atoms with E-state index >= 15 is 0 Å². The van der Waals surface area contributed by atoms with Gasteiger partial charge >= 0.3 is 0 Å². The summed E-state index contributed by atoms with van der Waals surface area (Å²) in [5.74, 6) is 1.84. The molecule has 0 radical (unpaired) electrons. The Kier molecular flexibility index (Phi) is 6.04. The number of rotatable bonds is 6. The van der Waals surface area contributed by atoms with Crippen LogP contribution in [0.2, 0.25) is 0 Å². The number of carbonyl (C=O) groups is 1. The van der Waals surface area contributed by atoms with E-state index in [9.17, 15) is 4.79 Å². The highest BCUT2D eigenvalue weighted by Crippen LogP contribution is 2.19. The van der Waals surface area contributed by atoms with E-state index in [1.54, 1.807) is 0 Å². The van der Waals surface area contributed by atoms with Gasteiger partial charge in [-0.2, -0.15) is 4.98 Å². The third-order valence-electron chi connectivity index (χ3n) is 4.90. The fraction of sp³-hybridized carbons (Fsp3) is 0.550. The van der Waals surface area contributed by atoms with Gasteiger partial charge in [0.05, 0.1) is 6.54 Å². The molecule has 0 unspecified atom stereocenters. The number of hydrogen-bond donors (Lipinski definition) is 0. The molecule has 1 aromatic carbocycles. The summed E-state index contributed by atoms with van der Waals surface area (Å²) in [6.45, 7) is 9.06. The monoisotopic (exact) mass is 356 g/mol. The highest BCUT2D eigenvalue weighted by Gasteiger charge is 2.29. The smallest absolute Gasteiger partial charge is 0.240 e. The maximum absolute atomic E-state index is 12.7. The average Bonchev–Trinajstić information content (AvgIpc) is 3.06. The zero-order valence-corrected chi connectivity index (χ0v) is 15.9. The van der Waals surface area contributed by atoms with Crippen molar-refractivity contribution in [3.8, 4) is 0 Å². The molecule has 1 atom stereocenters. The minimum atomic E-state index is 0.192. The van der Waals surface area contributed by atoms with Crippen molar-refractivity contribution in [2.24, 2.45) is 0 Å². The van der Waals surface area contributed by atoms with Gasteiger partial charge in [-0.05, 0) is 12.0 Å². The van der Waals surface area contributed by atoms with Crippen molar-refractivity contribution >= 4 is 5.91 Å². The number of carbonyl (C=O) groups excluding carboxylic acids is 1. The number of amides is 1. The van der Waals surface area contributed by atoms with Gasteiger partial charge in [-0.15, -0.1) is 0 Å². The highest BCUT2D eigenvalue weighted by atomic mass is 16.5. The van der Waals surface area contributed by atoms with Crippen molar-refractivity contribution in [1.82, 2.24) is 19.9 Å². The molecule has 1 saturated heterocycles. The summed E-state index contributed by atoms with van der Waals surface area (Å²) in [5, 5.41) is 4.04. The number of aromatic nitrogens is 2. The Hall–Kier alpha value is -2.21. The first-order valence-corrected chi connectivity index (χ1v) is 9.45. The van der Waals surface area contributed by atoms with Crippen molar-refractivity contribution in [3.05, 3.63) is 47.6 Å². The standard InChI is InChI=1S/C20H28N4O2/c1-4-17-13-23(14-18-21-20(15(2)3)22-26-18)11-10-19(25)24(17)12-16-8-6-5-7-9-16/h5-9,15,17H,4,10-14H2,1-3H3/t17-/m1/s1. The quantitative estimate of drug-likeness (QED) is 0.795. The van der Waals surface area contributed by atoms with Crippen LogP contribution >= 0.6 is 0 Å². The van der Waals surface area contributed by atoms with E-state index in [4.69, 9.17) is 4.52 Å². The predicted octanol–water partition coefficient (Wildman–Crippen LogP) is 3.21. The van der Waals surface area contributed by atoms with E-state index in [1.807, 2.05) is 36.9 Å². The van der Waals surface area contributed by atoms with Crippen molar-refractivity contribution in [3.63, 3.8) is 0 Å². The van der Waals surface area contributed by atoms with Crippen LogP contribution in [0, 0.1) is 0 Å². The second-order valence-corrected chi connectivity index (χ2v) is 7.26. The molecule has 1 aromatic heterocycles. The van der Waals surface area contributed by atoms with Crippen LogP contribution in [-0.4, -0.2) is 45.0 Å². The fourth-order valence-corrected chi connectivity index (χ4v) is 3.34. The highest BCUT2D eigenvalue weighted by molar-refractivity contribution is 5.77. The molecule has 1 amide bonds. The Bertz CT molecular complexity index is 714. The predicted molar refractivity (Wildman–Crippen MR) is 99.4 cm³/mol. The Balaban J connectivity index is 1.69. The first kappa shape index (κ1) is 18.6. The van der Waals surface area contributed by atoms with Crippen LogP contribution in [0.3, 0.4) is 0 Å². The van der Waals surface area contributed by atoms with Crippen LogP contribution in [0.15, 0.2) is 34.9 Å². The van der Waals surface area contributed by atoms with Gasteiger partial charge in [0.2, 0.25) is 11.8 Å². The van der Waals surface area contributed by atoms with Crippen molar-refractivity contribution in [1.29, 1.82) is 0 Å². The average molecular weight is 356 g/mol. The largest absolute Gasteiger partial charge is 0.338 e. The second kappa shape index (κ2) is 8.45. The van der Waals surface area contributed by atoms with Crippen LogP contribution in [0.25, 0.3) is 0 Å². The Labute approximate surface area is 155 Å². The Morgan fingerprint density at radius 2 is 2.00 bits per heavy atom. The van der Waals surface area contributed by atoms with Gasteiger partial charge < -0.3 is 9.42 Å². The molecular weight excluding hydrogens is 328 g/mol. The van der Waals surface area contributed by atoms with Gasteiger partial charge in [0.15, 0.2) is 5.82 Å². The lowest BCUT2D eigenvalue weighted by Gasteiger charge is -2.31. The molecule has 140 valence electrons. The molecule has 1 aliphatic rings. The molecule has 2 aromatic rings. The summed E-state index contributed by atoms with van der Waals surface area (Å²) < 4.78 is 5.39. The third kappa shape index (κ3) is 4.49. The SMILES string of the molecule is CC[C@@H]1CN(Cc2nc(C(C)C)no2)CCC(=O)N1Cc1ccccc1. The minimum Gasteiger partial charge on any atom is -0.338 e. The van der Waals surface area contributed by atoms with E-state index in [-0.39, 0.29) is 17.9 Å². The van der Waals surface area contributed by atoms with Crippen molar-refractivity contribution < 1.29 is 9.32 Å². The minimum absolute atomic E-state index is 0.192. The Morgan fingerprint density at radius 1 is 1.23 bits per heavy atom. The van der Waals surface area contributed by atoms with Crippen LogP contribution < -0.4 is 0 Å². The van der Waals surface area contributed by atoms with Crippen LogP contribution in [0.5, 0.6) is 0 Å². The number of nitrogens with zero attached hydrogens (tertiary/aromatic N) is 4. The van der Waals surface area contributed by atoms with E-state index in [0.29, 0.717) is 25.4 Å². The summed E-state index contributed by atoms with van der Waals surface area (Å²) in [7, 11) is 0. The molecule has 0 saturated carbocycles. The zero-order valence-electron chi connectivity index (χ0n) is 15.9. The number of benzene rings is 1. The van der Waals surface area contributed by atoms with E-state index in [2.05, 4.69) is 34.1 Å². The zero-order chi connectivity index (χ0) is 18.5. The molecular formula is C20H28N4O2. The number of hydrogen-bond acceptors (Lipinski definition) is 5. The molecule has 1 aliphatic heterocycles. The van der Waals surface area contributed by atoms with Crippen molar-refractivity contribution in [2.45, 2.75) is 58.7 Å². The van der Waals surface area contributed by atoms with Crippen LogP contribution in [0.4, 0.5) is 0 Å². The van der Waals surface area contributed by atoms with Gasteiger partial charge in [0, 0.05) is 38.0 Å². The molecule has 6 nitrogen and oxygen atoms in total. The lowest BCUT2D eigenvalue weighted by Crippen LogP contribution is -2.42. The normalized spacial score (nSPS) is 19.2. The van der Waals surface area contributed by atoms with E-state index < -0.39 is 0 Å². The molecule has 3 rings (SSSR count).